The molecule has 1 atom stereocenters. The fourth-order valence-corrected chi connectivity index (χ4v) is 3.04. The number of amides is 3. The third kappa shape index (κ3) is 4.14. The number of halogens is 1. The van der Waals surface area contributed by atoms with Crippen molar-refractivity contribution in [3.05, 3.63) is 65.5 Å². The van der Waals surface area contributed by atoms with E-state index in [0.717, 1.165) is 11.1 Å². The van der Waals surface area contributed by atoms with Crippen LogP contribution in [0, 0.1) is 5.82 Å². The minimum absolute atomic E-state index is 0.192. The van der Waals surface area contributed by atoms with Gasteiger partial charge in [-0.3, -0.25) is 19.7 Å². The lowest BCUT2D eigenvalue weighted by Crippen LogP contribution is -2.37. The first-order valence-corrected chi connectivity index (χ1v) is 8.41. The van der Waals surface area contributed by atoms with Gasteiger partial charge < -0.3 is 5.32 Å². The van der Waals surface area contributed by atoms with Crippen molar-refractivity contribution in [2.45, 2.75) is 31.6 Å². The molecule has 1 aliphatic heterocycles. The van der Waals surface area contributed by atoms with Gasteiger partial charge in [0.1, 0.15) is 5.82 Å². The maximum atomic E-state index is 13.0. The molecule has 5 nitrogen and oxygen atoms in total. The van der Waals surface area contributed by atoms with Crippen molar-refractivity contribution in [3.8, 4) is 0 Å². The molecule has 26 heavy (non-hydrogen) atoms. The topological polar surface area (TPSA) is 75.3 Å². The van der Waals surface area contributed by atoms with Crippen molar-refractivity contribution < 1.29 is 18.8 Å². The van der Waals surface area contributed by atoms with E-state index in [9.17, 15) is 18.8 Å². The Balaban J connectivity index is 1.72. The summed E-state index contributed by atoms with van der Waals surface area (Å²) < 4.78 is 13.0. The Morgan fingerprint density at radius 3 is 2.42 bits per heavy atom. The Kier molecular flexibility index (Phi) is 5.11. The van der Waals surface area contributed by atoms with E-state index in [2.05, 4.69) is 10.6 Å². The highest BCUT2D eigenvalue weighted by molar-refractivity contribution is 5.99. The van der Waals surface area contributed by atoms with Crippen molar-refractivity contribution in [2.75, 3.05) is 5.32 Å². The summed E-state index contributed by atoms with van der Waals surface area (Å²) in [6.45, 7) is 1.75. The summed E-state index contributed by atoms with van der Waals surface area (Å²) in [5, 5.41) is 5.13. The Morgan fingerprint density at radius 2 is 1.77 bits per heavy atom. The van der Waals surface area contributed by atoms with Crippen LogP contribution in [0.3, 0.4) is 0 Å². The number of carbonyl (C=O) groups excluding carboxylic acids is 3. The number of carbonyl (C=O) groups is 3. The first kappa shape index (κ1) is 17.8. The zero-order valence-electron chi connectivity index (χ0n) is 14.3. The van der Waals surface area contributed by atoms with Crippen molar-refractivity contribution in [1.29, 1.82) is 0 Å². The molecule has 0 saturated carbocycles. The Labute approximate surface area is 150 Å². The molecule has 3 amide bonds. The van der Waals surface area contributed by atoms with Crippen LogP contribution in [0.1, 0.15) is 42.7 Å². The van der Waals surface area contributed by atoms with Crippen molar-refractivity contribution in [1.82, 2.24) is 5.32 Å². The smallest absolute Gasteiger partial charge is 0.231 e. The molecule has 1 fully saturated rings. The van der Waals surface area contributed by atoms with Gasteiger partial charge in [-0.25, -0.2) is 4.39 Å². The fourth-order valence-electron chi connectivity index (χ4n) is 3.04. The van der Waals surface area contributed by atoms with E-state index in [-0.39, 0.29) is 42.3 Å². The summed E-state index contributed by atoms with van der Waals surface area (Å²) in [4.78, 5) is 35.6. The molecule has 6 heteroatoms. The van der Waals surface area contributed by atoms with Gasteiger partial charge in [0.25, 0.3) is 0 Å². The van der Waals surface area contributed by atoms with Gasteiger partial charge in [-0.15, -0.1) is 0 Å². The molecule has 3 rings (SSSR count). The minimum Gasteiger partial charge on any atom is -0.326 e. The first-order chi connectivity index (χ1) is 12.4. The first-order valence-electron chi connectivity index (χ1n) is 8.41. The summed E-state index contributed by atoms with van der Waals surface area (Å²) >= 11 is 0. The summed E-state index contributed by atoms with van der Waals surface area (Å²) in [5.41, 5.74) is 2.15. The molecule has 0 aromatic heterocycles. The molecule has 1 heterocycles. The van der Waals surface area contributed by atoms with Crippen molar-refractivity contribution in [2.24, 2.45) is 0 Å². The third-order valence-corrected chi connectivity index (χ3v) is 4.53. The van der Waals surface area contributed by atoms with Crippen LogP contribution in [0.4, 0.5) is 10.1 Å². The maximum absolute atomic E-state index is 13.0. The molecule has 2 aromatic rings. The summed E-state index contributed by atoms with van der Waals surface area (Å²) in [6, 6.07) is 13.0. The lowest BCUT2D eigenvalue weighted by molar-refractivity contribution is -0.133. The molecule has 0 aliphatic carbocycles. The number of anilines is 1. The summed E-state index contributed by atoms with van der Waals surface area (Å²) in [6.07, 6.45) is 0.490. The van der Waals surface area contributed by atoms with Crippen LogP contribution < -0.4 is 10.6 Å². The Hall–Kier alpha value is -3.02. The second-order valence-corrected chi connectivity index (χ2v) is 6.46. The van der Waals surface area contributed by atoms with Gasteiger partial charge in [-0.1, -0.05) is 24.3 Å². The zero-order valence-corrected chi connectivity index (χ0v) is 14.3. The van der Waals surface area contributed by atoms with E-state index in [1.165, 1.54) is 12.1 Å². The number of hydrogen-bond acceptors (Lipinski definition) is 3. The zero-order chi connectivity index (χ0) is 18.7. The molecule has 1 aliphatic rings. The van der Waals surface area contributed by atoms with E-state index < -0.39 is 5.92 Å². The van der Waals surface area contributed by atoms with Crippen LogP contribution in [-0.4, -0.2) is 17.7 Å². The standard InChI is InChI=1S/C20H19FN2O3/c1-12(13-5-7-16(21)8-6-13)20(26)22-17-4-2-3-14(9-17)15-10-18(24)23-19(25)11-15/h2-9,12,15H,10-11H2,1H3,(H,22,26)(H,23,24,25)/t12-/m1/s1. The second kappa shape index (κ2) is 7.47. The molecular formula is C20H19FN2O3. The molecule has 1 saturated heterocycles. The van der Waals surface area contributed by atoms with Crippen LogP contribution in [-0.2, 0) is 14.4 Å². The number of imide groups is 1. The third-order valence-electron chi connectivity index (χ3n) is 4.53. The van der Waals surface area contributed by atoms with Gasteiger partial charge in [0.2, 0.25) is 17.7 Å². The fraction of sp³-hybridized carbons (Fsp3) is 0.250. The molecule has 0 bridgehead atoms. The maximum Gasteiger partial charge on any atom is 0.231 e. The number of nitrogens with one attached hydrogen (secondary N) is 2. The molecule has 2 N–H and O–H groups in total. The summed E-state index contributed by atoms with van der Waals surface area (Å²) in [5.74, 6) is -1.77. The molecule has 0 unspecified atom stereocenters. The van der Waals surface area contributed by atoms with Crippen LogP contribution in [0.5, 0.6) is 0 Å². The molecular weight excluding hydrogens is 335 g/mol. The van der Waals surface area contributed by atoms with E-state index >= 15 is 0 Å². The van der Waals surface area contributed by atoms with Gasteiger partial charge in [0.15, 0.2) is 0 Å². The van der Waals surface area contributed by atoms with Crippen molar-refractivity contribution in [3.63, 3.8) is 0 Å². The molecule has 2 aromatic carbocycles. The number of hydrogen-bond donors (Lipinski definition) is 2. The highest BCUT2D eigenvalue weighted by atomic mass is 19.1. The van der Waals surface area contributed by atoms with Gasteiger partial charge in [-0.05, 0) is 42.3 Å². The van der Waals surface area contributed by atoms with Crippen LogP contribution >= 0.6 is 0 Å². The second-order valence-electron chi connectivity index (χ2n) is 6.46. The van der Waals surface area contributed by atoms with Gasteiger partial charge in [-0.2, -0.15) is 0 Å². The highest BCUT2D eigenvalue weighted by Gasteiger charge is 2.26. The number of piperidine rings is 1. The Morgan fingerprint density at radius 1 is 1.12 bits per heavy atom. The normalized spacial score (nSPS) is 16.1. The van der Waals surface area contributed by atoms with Gasteiger partial charge in [0.05, 0.1) is 5.92 Å². The Bertz CT molecular complexity index is 832. The summed E-state index contributed by atoms with van der Waals surface area (Å²) in [7, 11) is 0. The quantitative estimate of drug-likeness (QED) is 0.829. The van der Waals surface area contributed by atoms with Gasteiger partial charge >= 0.3 is 0 Å². The monoisotopic (exact) mass is 354 g/mol. The molecule has 0 spiro atoms. The van der Waals surface area contributed by atoms with E-state index in [4.69, 9.17) is 0 Å². The largest absolute Gasteiger partial charge is 0.326 e. The molecule has 134 valence electrons. The molecule has 0 radical (unpaired) electrons. The average Bonchev–Trinajstić information content (AvgIpc) is 2.61. The highest BCUT2D eigenvalue weighted by Crippen LogP contribution is 2.28. The van der Waals surface area contributed by atoms with E-state index in [1.807, 2.05) is 6.07 Å². The average molecular weight is 354 g/mol. The van der Waals surface area contributed by atoms with Crippen LogP contribution in [0.2, 0.25) is 0 Å². The lowest BCUT2D eigenvalue weighted by Gasteiger charge is -2.22. The van der Waals surface area contributed by atoms with Crippen LogP contribution in [0.25, 0.3) is 0 Å². The predicted octanol–water partition coefficient (Wildman–Crippen LogP) is 3.09. The number of rotatable bonds is 4. The SMILES string of the molecule is C[C@@H](C(=O)Nc1cccc(C2CC(=O)NC(=O)C2)c1)c1ccc(F)cc1. The van der Waals surface area contributed by atoms with Crippen LogP contribution in [0.15, 0.2) is 48.5 Å². The van der Waals surface area contributed by atoms with Crippen molar-refractivity contribution >= 4 is 23.4 Å². The van der Waals surface area contributed by atoms with E-state index in [1.54, 1.807) is 37.3 Å². The minimum atomic E-state index is -0.443. The predicted molar refractivity (Wildman–Crippen MR) is 95.0 cm³/mol. The lowest BCUT2D eigenvalue weighted by atomic mass is 9.89. The number of benzene rings is 2. The van der Waals surface area contributed by atoms with E-state index in [0.29, 0.717) is 5.69 Å². The van der Waals surface area contributed by atoms with Gasteiger partial charge in [0, 0.05) is 24.4 Å².